The molecule has 0 amide bonds. The second-order valence-electron chi connectivity index (χ2n) is 13.5. The highest BCUT2D eigenvalue weighted by molar-refractivity contribution is 5.69. The van der Waals surface area contributed by atoms with Gasteiger partial charge in [-0.05, 0) is 83.7 Å². The van der Waals surface area contributed by atoms with Crippen LogP contribution in [-0.2, 0) is 19.1 Å². The zero-order chi connectivity index (χ0) is 33.2. The van der Waals surface area contributed by atoms with E-state index in [9.17, 15) is 14.7 Å². The van der Waals surface area contributed by atoms with E-state index in [-0.39, 0.29) is 30.8 Å². The van der Waals surface area contributed by atoms with Crippen LogP contribution < -0.4 is 0 Å². The Bertz CT molecular complexity index is 643. The summed E-state index contributed by atoms with van der Waals surface area (Å²) < 4.78 is 11.8. The molecule has 0 aromatic carbocycles. The molecule has 0 saturated heterocycles. The van der Waals surface area contributed by atoms with Crippen LogP contribution in [0.25, 0.3) is 0 Å². The summed E-state index contributed by atoms with van der Waals surface area (Å²) >= 11 is 0. The topological polar surface area (TPSA) is 76.1 Å². The van der Waals surface area contributed by atoms with Crippen molar-refractivity contribution in [1.82, 2.24) is 4.90 Å². The van der Waals surface area contributed by atoms with Gasteiger partial charge in [0, 0.05) is 19.4 Å². The van der Waals surface area contributed by atoms with Crippen molar-refractivity contribution < 1.29 is 24.2 Å². The highest BCUT2D eigenvalue weighted by Crippen LogP contribution is 2.18. The molecule has 1 N–H and O–H groups in total. The normalized spacial score (nSPS) is 12.8. The number of hydrogen-bond acceptors (Lipinski definition) is 6. The molecule has 45 heavy (non-hydrogen) atoms. The number of carbonyl (C=O) groups excluding carboxylic acids is 2. The van der Waals surface area contributed by atoms with E-state index in [1.165, 1.54) is 70.6 Å². The lowest BCUT2D eigenvalue weighted by molar-refractivity contribution is -0.151. The first-order valence-corrected chi connectivity index (χ1v) is 19.7. The molecule has 0 aliphatic heterocycles. The van der Waals surface area contributed by atoms with Gasteiger partial charge in [-0.25, -0.2) is 0 Å². The Morgan fingerprint density at radius 2 is 0.822 bits per heavy atom. The molecule has 0 aromatic rings. The van der Waals surface area contributed by atoms with E-state index in [0.717, 1.165) is 103 Å². The van der Waals surface area contributed by atoms with Crippen molar-refractivity contribution >= 4 is 11.9 Å². The number of hydrogen-bond donors (Lipinski definition) is 1. The maximum Gasteiger partial charge on any atom is 0.306 e. The molecule has 0 bridgehead atoms. The van der Waals surface area contributed by atoms with E-state index in [2.05, 4.69) is 32.6 Å². The summed E-state index contributed by atoms with van der Waals surface area (Å²) in [5, 5.41) is 9.55. The van der Waals surface area contributed by atoms with E-state index in [1.807, 2.05) is 0 Å². The number of nitrogens with zero attached hydrogens (tertiary/aromatic N) is 1. The first kappa shape index (κ1) is 43.9. The van der Waals surface area contributed by atoms with Gasteiger partial charge in [0.1, 0.15) is 12.2 Å². The van der Waals surface area contributed by atoms with Crippen molar-refractivity contribution in [2.75, 3.05) is 26.2 Å². The van der Waals surface area contributed by atoms with Gasteiger partial charge in [-0.2, -0.15) is 0 Å². The molecule has 268 valence electrons. The molecule has 2 atom stereocenters. The minimum absolute atomic E-state index is 0.0149. The average molecular weight is 640 g/mol. The quantitative estimate of drug-likeness (QED) is 0.0549. The lowest BCUT2D eigenvalue weighted by Crippen LogP contribution is -2.29. The summed E-state index contributed by atoms with van der Waals surface area (Å²) in [4.78, 5) is 27.4. The van der Waals surface area contributed by atoms with Crippen LogP contribution in [0.15, 0.2) is 0 Å². The van der Waals surface area contributed by atoms with Crippen LogP contribution in [0, 0.1) is 0 Å². The summed E-state index contributed by atoms with van der Waals surface area (Å²) in [5.74, 6) is -0.0739. The lowest BCUT2D eigenvalue weighted by atomic mass is 10.0. The molecule has 0 spiro atoms. The van der Waals surface area contributed by atoms with Crippen LogP contribution in [0.3, 0.4) is 0 Å². The van der Waals surface area contributed by atoms with Gasteiger partial charge in [-0.1, -0.05) is 118 Å². The molecular weight excluding hydrogens is 562 g/mol. The molecule has 0 aromatic heterocycles. The van der Waals surface area contributed by atoms with Gasteiger partial charge < -0.3 is 19.5 Å². The van der Waals surface area contributed by atoms with Gasteiger partial charge >= 0.3 is 11.9 Å². The Balaban J connectivity index is 4.21. The minimum atomic E-state index is -0.0590. The summed E-state index contributed by atoms with van der Waals surface area (Å²) in [5.41, 5.74) is 0. The third-order valence-electron chi connectivity index (χ3n) is 8.99. The number of esters is 2. The first-order valence-electron chi connectivity index (χ1n) is 19.7. The molecular formula is C39H77NO5. The van der Waals surface area contributed by atoms with Gasteiger partial charge in [0.05, 0.1) is 6.61 Å². The molecule has 6 heteroatoms. The predicted molar refractivity (Wildman–Crippen MR) is 191 cm³/mol. The zero-order valence-electron chi connectivity index (χ0n) is 30.6. The smallest absolute Gasteiger partial charge is 0.306 e. The Morgan fingerprint density at radius 3 is 1.33 bits per heavy atom. The minimum Gasteiger partial charge on any atom is -0.462 e. The van der Waals surface area contributed by atoms with Crippen molar-refractivity contribution in [1.29, 1.82) is 0 Å². The van der Waals surface area contributed by atoms with Gasteiger partial charge in [0.15, 0.2) is 0 Å². The van der Waals surface area contributed by atoms with Crippen molar-refractivity contribution in [3.8, 4) is 0 Å². The third kappa shape index (κ3) is 30.0. The van der Waals surface area contributed by atoms with E-state index in [0.29, 0.717) is 19.4 Å². The van der Waals surface area contributed by atoms with Crippen LogP contribution in [0.4, 0.5) is 0 Å². The van der Waals surface area contributed by atoms with E-state index >= 15 is 0 Å². The molecule has 0 radical (unpaired) electrons. The number of unbranched alkanes of at least 4 members (excludes halogenated alkanes) is 15. The molecule has 0 heterocycles. The SMILES string of the molecule is CCCCCCCC(CCCCC)OC(=O)CCCN(CCO)CCCCCCCC(=O)OC(CCCCC)CCCCCC. The van der Waals surface area contributed by atoms with E-state index < -0.39 is 0 Å². The third-order valence-corrected chi connectivity index (χ3v) is 8.99. The van der Waals surface area contributed by atoms with Crippen LogP contribution in [0.5, 0.6) is 0 Å². The number of carbonyl (C=O) groups is 2. The van der Waals surface area contributed by atoms with Gasteiger partial charge in [0.25, 0.3) is 0 Å². The van der Waals surface area contributed by atoms with E-state index in [4.69, 9.17) is 9.47 Å². The molecule has 6 nitrogen and oxygen atoms in total. The number of ether oxygens (including phenoxy) is 2. The molecule has 0 fully saturated rings. The Hall–Kier alpha value is -1.14. The zero-order valence-corrected chi connectivity index (χ0v) is 30.6. The maximum absolute atomic E-state index is 12.6. The maximum atomic E-state index is 12.6. The number of rotatable bonds is 35. The van der Waals surface area contributed by atoms with Gasteiger partial charge in [0.2, 0.25) is 0 Å². The monoisotopic (exact) mass is 640 g/mol. The molecule has 2 unspecified atom stereocenters. The van der Waals surface area contributed by atoms with Gasteiger partial charge in [-0.15, -0.1) is 0 Å². The Morgan fingerprint density at radius 1 is 0.467 bits per heavy atom. The summed E-state index contributed by atoms with van der Waals surface area (Å²) in [7, 11) is 0. The highest BCUT2D eigenvalue weighted by atomic mass is 16.5. The van der Waals surface area contributed by atoms with Crippen LogP contribution in [-0.4, -0.2) is 60.4 Å². The lowest BCUT2D eigenvalue weighted by Gasteiger charge is -2.22. The molecule has 0 rings (SSSR count). The average Bonchev–Trinajstić information content (AvgIpc) is 3.02. The standard InChI is InChI=1S/C39H77NO5/c1-5-9-13-16-22-29-37(27-20-12-8-4)45-39(43)31-25-33-40(34-35-41)32-24-18-15-17-23-30-38(42)44-36(26-19-11-7-3)28-21-14-10-6-2/h36-37,41H,5-35H2,1-4H3. The second-order valence-corrected chi connectivity index (χ2v) is 13.5. The number of aliphatic hydroxyl groups excluding tert-OH is 1. The predicted octanol–water partition coefficient (Wildman–Crippen LogP) is 10.7. The fraction of sp³-hybridized carbons (Fsp3) is 0.949. The van der Waals surface area contributed by atoms with Crippen molar-refractivity contribution in [2.24, 2.45) is 0 Å². The molecule has 0 saturated carbocycles. The van der Waals surface area contributed by atoms with Crippen molar-refractivity contribution in [3.05, 3.63) is 0 Å². The van der Waals surface area contributed by atoms with Crippen LogP contribution in [0.2, 0.25) is 0 Å². The van der Waals surface area contributed by atoms with Crippen LogP contribution >= 0.6 is 0 Å². The molecule has 0 aliphatic carbocycles. The largest absolute Gasteiger partial charge is 0.462 e. The molecule has 0 aliphatic rings. The fourth-order valence-corrected chi connectivity index (χ4v) is 6.09. The van der Waals surface area contributed by atoms with Gasteiger partial charge in [-0.3, -0.25) is 9.59 Å². The summed E-state index contributed by atoms with van der Waals surface area (Å²) in [6, 6.07) is 0. The number of aliphatic hydroxyl groups is 1. The van der Waals surface area contributed by atoms with Crippen molar-refractivity contribution in [2.45, 2.75) is 213 Å². The Labute approximate surface area is 280 Å². The highest BCUT2D eigenvalue weighted by Gasteiger charge is 2.16. The van der Waals surface area contributed by atoms with E-state index in [1.54, 1.807) is 0 Å². The van der Waals surface area contributed by atoms with Crippen LogP contribution in [0.1, 0.15) is 201 Å². The fourth-order valence-electron chi connectivity index (χ4n) is 6.09. The second kappa shape index (κ2) is 34.2. The summed E-state index contributed by atoms with van der Waals surface area (Å²) in [6.07, 6.45) is 29.4. The summed E-state index contributed by atoms with van der Waals surface area (Å²) in [6.45, 7) is 11.4. The van der Waals surface area contributed by atoms with Crippen molar-refractivity contribution in [3.63, 3.8) is 0 Å². The first-order chi connectivity index (χ1) is 22.0. The Kier molecular flexibility index (Phi) is 33.3.